The second kappa shape index (κ2) is 5.58. The number of aliphatic imine (C=N–C) groups is 1. The minimum Gasteiger partial charge on any atom is -0.335 e. The van der Waals surface area contributed by atoms with Gasteiger partial charge in [0.25, 0.3) is 0 Å². The molecular weight excluding hydrogens is 252 g/mol. The lowest BCUT2D eigenvalue weighted by Gasteiger charge is -2.23. The average molecular weight is 274 g/mol. The van der Waals surface area contributed by atoms with E-state index in [1.807, 2.05) is 11.8 Å². The summed E-state index contributed by atoms with van der Waals surface area (Å²) in [4.78, 5) is 4.84. The Morgan fingerprint density at radius 1 is 1.26 bits per heavy atom. The number of nitrogens with zero attached hydrogens (tertiary/aromatic N) is 1. The van der Waals surface area contributed by atoms with Crippen LogP contribution in [0.25, 0.3) is 0 Å². The molecule has 1 atom stereocenters. The highest BCUT2D eigenvalue weighted by atomic mass is 32.2. The Labute approximate surface area is 120 Å². The normalized spacial score (nSPS) is 22.3. The van der Waals surface area contributed by atoms with Crippen LogP contribution >= 0.6 is 11.8 Å². The van der Waals surface area contributed by atoms with Crippen molar-refractivity contribution in [3.8, 4) is 0 Å². The number of nitrogens with one attached hydrogen (secondary N) is 1. The maximum Gasteiger partial charge on any atom is 0.161 e. The van der Waals surface area contributed by atoms with Crippen molar-refractivity contribution in [2.24, 2.45) is 10.9 Å². The van der Waals surface area contributed by atoms with Crippen LogP contribution in [0.2, 0.25) is 0 Å². The number of fused-ring (bicyclic) bond motifs is 1. The van der Waals surface area contributed by atoms with Crippen molar-refractivity contribution >= 4 is 22.6 Å². The lowest BCUT2D eigenvalue weighted by Crippen LogP contribution is -2.23. The first-order valence-electron chi connectivity index (χ1n) is 7.32. The van der Waals surface area contributed by atoms with E-state index in [-0.39, 0.29) is 0 Å². The van der Waals surface area contributed by atoms with Crippen LogP contribution in [0, 0.1) is 5.92 Å². The van der Waals surface area contributed by atoms with Crippen molar-refractivity contribution in [1.82, 2.24) is 0 Å². The van der Waals surface area contributed by atoms with E-state index < -0.39 is 0 Å². The molecule has 2 nitrogen and oxygen atoms in total. The lowest BCUT2D eigenvalue weighted by molar-refractivity contribution is 0.485. The third-order valence-electron chi connectivity index (χ3n) is 4.05. The second-order valence-electron chi connectivity index (χ2n) is 5.84. The Bertz CT molecular complexity index is 494. The van der Waals surface area contributed by atoms with Crippen molar-refractivity contribution < 1.29 is 0 Å². The molecule has 19 heavy (non-hydrogen) atoms. The van der Waals surface area contributed by atoms with Gasteiger partial charge in [-0.3, -0.25) is 4.99 Å². The topological polar surface area (TPSA) is 24.4 Å². The summed E-state index contributed by atoms with van der Waals surface area (Å²) in [6, 6.07) is 7.27. The molecule has 0 amide bonds. The molecule has 0 saturated carbocycles. The Kier molecular flexibility index (Phi) is 3.83. The Morgan fingerprint density at radius 3 is 2.95 bits per heavy atom. The molecule has 3 heteroatoms. The summed E-state index contributed by atoms with van der Waals surface area (Å²) in [5, 5.41) is 4.61. The molecule has 1 aromatic carbocycles. The Hall–Kier alpha value is -0.960. The summed E-state index contributed by atoms with van der Waals surface area (Å²) >= 11 is 1.85. The van der Waals surface area contributed by atoms with Crippen LogP contribution in [0.1, 0.15) is 37.8 Å². The summed E-state index contributed by atoms with van der Waals surface area (Å²) in [6.07, 6.45) is 5.00. The van der Waals surface area contributed by atoms with Gasteiger partial charge in [0.2, 0.25) is 0 Å². The van der Waals surface area contributed by atoms with Gasteiger partial charge in [0.1, 0.15) is 0 Å². The van der Waals surface area contributed by atoms with Crippen molar-refractivity contribution in [3.63, 3.8) is 0 Å². The number of rotatable bonds is 2. The maximum atomic E-state index is 4.84. The zero-order valence-corrected chi connectivity index (χ0v) is 12.6. The summed E-state index contributed by atoms with van der Waals surface area (Å²) in [5.74, 6) is 1.82. The Morgan fingerprint density at radius 2 is 2.11 bits per heavy atom. The van der Waals surface area contributed by atoms with Gasteiger partial charge in [-0.25, -0.2) is 0 Å². The van der Waals surface area contributed by atoms with Crippen LogP contribution < -0.4 is 5.32 Å². The molecule has 0 aromatic heterocycles. The predicted molar refractivity (Wildman–Crippen MR) is 85.2 cm³/mol. The average Bonchev–Trinajstić information content (AvgIpc) is 2.86. The summed E-state index contributed by atoms with van der Waals surface area (Å²) in [7, 11) is 0. The number of anilines is 1. The second-order valence-corrected chi connectivity index (χ2v) is 6.93. The third kappa shape index (κ3) is 2.97. The highest BCUT2D eigenvalue weighted by Gasteiger charge is 2.19. The van der Waals surface area contributed by atoms with E-state index in [1.54, 1.807) is 0 Å². The first-order valence-corrected chi connectivity index (χ1v) is 8.30. The first-order chi connectivity index (χ1) is 9.22. The molecule has 1 aromatic rings. The number of hydrogen-bond acceptors (Lipinski definition) is 3. The van der Waals surface area contributed by atoms with Crippen molar-refractivity contribution in [2.75, 3.05) is 11.1 Å². The molecule has 0 fully saturated rings. The van der Waals surface area contributed by atoms with Gasteiger partial charge in [-0.15, -0.1) is 0 Å². The van der Waals surface area contributed by atoms with Gasteiger partial charge in [-0.1, -0.05) is 31.7 Å². The van der Waals surface area contributed by atoms with E-state index >= 15 is 0 Å². The van der Waals surface area contributed by atoms with E-state index in [9.17, 15) is 0 Å². The molecule has 102 valence electrons. The quantitative estimate of drug-likeness (QED) is 0.878. The first kappa shape index (κ1) is 13.0. The molecule has 0 bridgehead atoms. The third-order valence-corrected chi connectivity index (χ3v) is 4.98. The van der Waals surface area contributed by atoms with E-state index in [0.29, 0.717) is 12.0 Å². The van der Waals surface area contributed by atoms with Crippen LogP contribution in [0.5, 0.6) is 0 Å². The van der Waals surface area contributed by atoms with Gasteiger partial charge < -0.3 is 5.32 Å². The van der Waals surface area contributed by atoms with Crippen LogP contribution in [0.3, 0.4) is 0 Å². The molecule has 0 radical (unpaired) electrons. The number of aryl methyl sites for hydroxylation is 2. The van der Waals surface area contributed by atoms with Crippen molar-refractivity contribution in [3.05, 3.63) is 29.3 Å². The van der Waals surface area contributed by atoms with E-state index in [1.165, 1.54) is 48.3 Å². The zero-order valence-electron chi connectivity index (χ0n) is 11.8. The summed E-state index contributed by atoms with van der Waals surface area (Å²) < 4.78 is 0. The molecule has 0 saturated heterocycles. The van der Waals surface area contributed by atoms with E-state index in [0.717, 1.165) is 5.17 Å². The highest BCUT2D eigenvalue weighted by Crippen LogP contribution is 2.27. The van der Waals surface area contributed by atoms with Gasteiger partial charge >= 0.3 is 0 Å². The van der Waals surface area contributed by atoms with E-state index in [4.69, 9.17) is 4.99 Å². The zero-order chi connectivity index (χ0) is 13.2. The van der Waals surface area contributed by atoms with Crippen molar-refractivity contribution in [1.29, 1.82) is 0 Å². The number of hydrogen-bond donors (Lipinski definition) is 1. The largest absolute Gasteiger partial charge is 0.335 e. The van der Waals surface area contributed by atoms with Gasteiger partial charge in [0, 0.05) is 11.4 Å². The molecule has 1 unspecified atom stereocenters. The number of thioether (sulfide) groups is 1. The number of amidine groups is 1. The molecule has 2 aliphatic rings. The van der Waals surface area contributed by atoms with Crippen LogP contribution in [-0.4, -0.2) is 17.0 Å². The molecule has 3 rings (SSSR count). The minimum atomic E-state index is 0.484. The molecule has 1 aliphatic heterocycles. The van der Waals surface area contributed by atoms with Gasteiger partial charge in [0.15, 0.2) is 5.17 Å². The summed E-state index contributed by atoms with van der Waals surface area (Å²) in [5.41, 5.74) is 4.26. The standard InChI is InChI=1S/C16H22N2S/c1-11(2)15-8-9-19-16(18-15)17-14-7-6-12-4-3-5-13(12)10-14/h6-7,10-11,15H,3-5,8-9H2,1-2H3,(H,17,18). The van der Waals surface area contributed by atoms with Crippen LogP contribution in [-0.2, 0) is 12.8 Å². The minimum absolute atomic E-state index is 0.484. The van der Waals surface area contributed by atoms with Gasteiger partial charge in [-0.2, -0.15) is 0 Å². The monoisotopic (exact) mass is 274 g/mol. The highest BCUT2D eigenvalue weighted by molar-refractivity contribution is 8.14. The van der Waals surface area contributed by atoms with Crippen molar-refractivity contribution in [2.45, 2.75) is 45.6 Å². The predicted octanol–water partition coefficient (Wildman–Crippen LogP) is 4.10. The van der Waals surface area contributed by atoms with Gasteiger partial charge in [-0.05, 0) is 54.9 Å². The molecule has 1 aliphatic carbocycles. The molecule has 1 N–H and O–H groups in total. The summed E-state index contributed by atoms with van der Waals surface area (Å²) in [6.45, 7) is 4.52. The fourth-order valence-corrected chi connectivity index (χ4v) is 3.81. The van der Waals surface area contributed by atoms with E-state index in [2.05, 4.69) is 37.4 Å². The Balaban J connectivity index is 1.74. The maximum absolute atomic E-state index is 4.84. The lowest BCUT2D eigenvalue weighted by atomic mass is 10.0. The molecular formula is C16H22N2S. The fraction of sp³-hybridized carbons (Fsp3) is 0.562. The van der Waals surface area contributed by atoms with Gasteiger partial charge in [0.05, 0.1) is 6.04 Å². The SMILES string of the molecule is CC(C)C1CCSC(Nc2ccc3c(c2)CCC3)=N1. The molecule has 0 spiro atoms. The van der Waals surface area contributed by atoms with Crippen LogP contribution in [0.15, 0.2) is 23.2 Å². The van der Waals surface area contributed by atoms with Crippen LogP contribution in [0.4, 0.5) is 5.69 Å². The smallest absolute Gasteiger partial charge is 0.161 e. The molecule has 1 heterocycles. The fourth-order valence-electron chi connectivity index (χ4n) is 2.85. The number of benzene rings is 1.